The van der Waals surface area contributed by atoms with E-state index in [0.29, 0.717) is 16.7 Å². The van der Waals surface area contributed by atoms with E-state index in [-0.39, 0.29) is 5.56 Å². The molecular weight excluding hydrogens is 168 g/mol. The molecule has 0 unspecified atom stereocenters. The normalized spacial score (nSPS) is 9.69. The molecule has 0 radical (unpaired) electrons. The molecule has 0 amide bonds. The molecule has 68 valence electrons. The second-order valence-electron chi connectivity index (χ2n) is 2.95. The smallest absolute Gasteiger partial charge is 0.335 e. The van der Waals surface area contributed by atoms with E-state index in [0.717, 1.165) is 6.29 Å². The summed E-state index contributed by atoms with van der Waals surface area (Å²) in [7, 11) is 0. The summed E-state index contributed by atoms with van der Waals surface area (Å²) in [5.41, 5.74) is 2.10. The van der Waals surface area contributed by atoms with Crippen LogP contribution in [-0.2, 0) is 0 Å². The first-order valence-corrected chi connectivity index (χ1v) is 3.86. The van der Waals surface area contributed by atoms with Crippen molar-refractivity contribution in [1.29, 1.82) is 0 Å². The zero-order valence-electron chi connectivity index (χ0n) is 7.50. The van der Waals surface area contributed by atoms with Gasteiger partial charge in [-0.25, -0.2) is 4.79 Å². The SMILES string of the molecule is Cc1cc(C(=O)O)c(C)cc1C=O. The summed E-state index contributed by atoms with van der Waals surface area (Å²) in [6.45, 7) is 3.39. The van der Waals surface area contributed by atoms with E-state index in [1.54, 1.807) is 19.9 Å². The van der Waals surface area contributed by atoms with Crippen LogP contribution in [0.2, 0.25) is 0 Å². The summed E-state index contributed by atoms with van der Waals surface area (Å²) < 4.78 is 0. The maximum Gasteiger partial charge on any atom is 0.335 e. The lowest BCUT2D eigenvalue weighted by Gasteiger charge is -2.04. The van der Waals surface area contributed by atoms with Crippen LogP contribution < -0.4 is 0 Å². The number of benzene rings is 1. The second-order valence-corrected chi connectivity index (χ2v) is 2.95. The van der Waals surface area contributed by atoms with Crippen molar-refractivity contribution in [1.82, 2.24) is 0 Å². The number of hydrogen-bond donors (Lipinski definition) is 1. The molecule has 0 saturated heterocycles. The number of rotatable bonds is 2. The predicted octanol–water partition coefficient (Wildman–Crippen LogP) is 1.81. The molecule has 0 atom stereocenters. The average Bonchev–Trinajstić information content (AvgIpc) is 2.07. The van der Waals surface area contributed by atoms with Crippen LogP contribution in [0.5, 0.6) is 0 Å². The van der Waals surface area contributed by atoms with Crippen molar-refractivity contribution in [3.63, 3.8) is 0 Å². The number of aldehydes is 1. The Labute approximate surface area is 76.0 Å². The lowest BCUT2D eigenvalue weighted by atomic mass is 10.0. The van der Waals surface area contributed by atoms with Crippen LogP contribution in [0.25, 0.3) is 0 Å². The van der Waals surface area contributed by atoms with Gasteiger partial charge < -0.3 is 5.11 Å². The van der Waals surface area contributed by atoms with Gasteiger partial charge in [0.2, 0.25) is 0 Å². The molecular formula is C10H10O3. The summed E-state index contributed by atoms with van der Waals surface area (Å²) in [4.78, 5) is 21.2. The highest BCUT2D eigenvalue weighted by molar-refractivity contribution is 5.91. The molecule has 0 fully saturated rings. The zero-order valence-corrected chi connectivity index (χ0v) is 7.50. The van der Waals surface area contributed by atoms with Gasteiger partial charge in [-0.3, -0.25) is 4.79 Å². The van der Waals surface area contributed by atoms with Gasteiger partial charge in [0.1, 0.15) is 6.29 Å². The van der Waals surface area contributed by atoms with Crippen LogP contribution in [-0.4, -0.2) is 17.4 Å². The number of hydrogen-bond acceptors (Lipinski definition) is 2. The molecule has 1 rings (SSSR count). The first-order chi connectivity index (χ1) is 6.06. The van der Waals surface area contributed by atoms with Crippen molar-refractivity contribution < 1.29 is 14.7 Å². The molecule has 1 aromatic rings. The molecule has 0 heterocycles. The van der Waals surface area contributed by atoms with Crippen LogP contribution in [0.1, 0.15) is 31.8 Å². The molecule has 0 aliphatic rings. The summed E-state index contributed by atoms with van der Waals surface area (Å²) in [6.07, 6.45) is 0.730. The Balaban J connectivity index is 3.36. The fourth-order valence-electron chi connectivity index (χ4n) is 1.20. The Morgan fingerprint density at radius 2 is 1.92 bits per heavy atom. The molecule has 0 aliphatic heterocycles. The molecule has 3 nitrogen and oxygen atoms in total. The van der Waals surface area contributed by atoms with Crippen molar-refractivity contribution in [3.8, 4) is 0 Å². The maximum absolute atomic E-state index is 10.7. The summed E-state index contributed by atoms with van der Waals surface area (Å²) in [6, 6.07) is 3.10. The third-order valence-electron chi connectivity index (χ3n) is 1.97. The van der Waals surface area contributed by atoms with Gasteiger partial charge in [0.05, 0.1) is 5.56 Å². The molecule has 0 aliphatic carbocycles. The lowest BCUT2D eigenvalue weighted by molar-refractivity contribution is 0.0695. The van der Waals surface area contributed by atoms with Gasteiger partial charge in [0.25, 0.3) is 0 Å². The quantitative estimate of drug-likeness (QED) is 0.702. The minimum atomic E-state index is -0.960. The van der Waals surface area contributed by atoms with Crippen molar-refractivity contribution >= 4 is 12.3 Å². The van der Waals surface area contributed by atoms with Crippen LogP contribution in [0, 0.1) is 13.8 Å². The van der Waals surface area contributed by atoms with Crippen LogP contribution in [0.3, 0.4) is 0 Å². The lowest BCUT2D eigenvalue weighted by Crippen LogP contribution is -2.02. The molecule has 0 aromatic heterocycles. The highest BCUT2D eigenvalue weighted by Crippen LogP contribution is 2.14. The fraction of sp³-hybridized carbons (Fsp3) is 0.200. The monoisotopic (exact) mass is 178 g/mol. The summed E-state index contributed by atoms with van der Waals surface area (Å²) in [5.74, 6) is -0.960. The molecule has 13 heavy (non-hydrogen) atoms. The van der Waals surface area contributed by atoms with Crippen molar-refractivity contribution in [2.45, 2.75) is 13.8 Å². The maximum atomic E-state index is 10.7. The molecule has 1 aromatic carbocycles. The van der Waals surface area contributed by atoms with E-state index in [9.17, 15) is 9.59 Å². The second kappa shape index (κ2) is 3.39. The van der Waals surface area contributed by atoms with Gasteiger partial charge in [-0.1, -0.05) is 0 Å². The fourth-order valence-corrected chi connectivity index (χ4v) is 1.20. The van der Waals surface area contributed by atoms with Crippen LogP contribution in [0.4, 0.5) is 0 Å². The Hall–Kier alpha value is -1.64. The Kier molecular flexibility index (Phi) is 2.46. The number of aromatic carboxylic acids is 1. The minimum Gasteiger partial charge on any atom is -0.478 e. The topological polar surface area (TPSA) is 54.4 Å². The van der Waals surface area contributed by atoms with Crippen molar-refractivity contribution in [2.75, 3.05) is 0 Å². The molecule has 0 bridgehead atoms. The van der Waals surface area contributed by atoms with E-state index in [1.165, 1.54) is 6.07 Å². The minimum absolute atomic E-state index is 0.253. The third kappa shape index (κ3) is 1.75. The number of carboxylic acids is 1. The Morgan fingerprint density at radius 3 is 2.38 bits per heavy atom. The van der Waals surface area contributed by atoms with Gasteiger partial charge in [0.15, 0.2) is 0 Å². The third-order valence-corrected chi connectivity index (χ3v) is 1.97. The number of carbonyl (C=O) groups is 2. The average molecular weight is 178 g/mol. The Morgan fingerprint density at radius 1 is 1.31 bits per heavy atom. The molecule has 0 spiro atoms. The van der Waals surface area contributed by atoms with Gasteiger partial charge in [-0.15, -0.1) is 0 Å². The Bertz CT molecular complexity index is 367. The molecule has 3 heteroatoms. The van der Waals surface area contributed by atoms with Crippen molar-refractivity contribution in [2.24, 2.45) is 0 Å². The first-order valence-electron chi connectivity index (χ1n) is 3.86. The van der Waals surface area contributed by atoms with Crippen molar-refractivity contribution in [3.05, 3.63) is 34.4 Å². The van der Waals surface area contributed by atoms with Crippen LogP contribution >= 0.6 is 0 Å². The standard InChI is InChI=1S/C10H10O3/c1-6-4-9(10(12)13)7(2)3-8(6)5-11/h3-5H,1-2H3,(H,12,13). The number of carboxylic acid groups (broad SMARTS) is 1. The highest BCUT2D eigenvalue weighted by atomic mass is 16.4. The van der Waals surface area contributed by atoms with E-state index >= 15 is 0 Å². The summed E-state index contributed by atoms with van der Waals surface area (Å²) in [5, 5.41) is 8.77. The zero-order chi connectivity index (χ0) is 10.0. The van der Waals surface area contributed by atoms with E-state index in [4.69, 9.17) is 5.11 Å². The highest BCUT2D eigenvalue weighted by Gasteiger charge is 2.09. The van der Waals surface area contributed by atoms with E-state index < -0.39 is 5.97 Å². The van der Waals surface area contributed by atoms with Gasteiger partial charge >= 0.3 is 5.97 Å². The molecule has 0 saturated carbocycles. The first kappa shape index (κ1) is 9.45. The van der Waals surface area contributed by atoms with Gasteiger partial charge in [-0.2, -0.15) is 0 Å². The number of aryl methyl sites for hydroxylation is 2. The summed E-state index contributed by atoms with van der Waals surface area (Å²) >= 11 is 0. The van der Waals surface area contributed by atoms with E-state index in [2.05, 4.69) is 0 Å². The van der Waals surface area contributed by atoms with Gasteiger partial charge in [0, 0.05) is 5.56 Å². The largest absolute Gasteiger partial charge is 0.478 e. The number of carbonyl (C=O) groups excluding carboxylic acids is 1. The van der Waals surface area contributed by atoms with E-state index in [1.807, 2.05) is 0 Å². The van der Waals surface area contributed by atoms with Gasteiger partial charge in [-0.05, 0) is 37.1 Å². The predicted molar refractivity (Wildman–Crippen MR) is 48.3 cm³/mol. The van der Waals surface area contributed by atoms with Crippen LogP contribution in [0.15, 0.2) is 12.1 Å². The molecule has 1 N–H and O–H groups in total.